The average Bonchev–Trinajstić information content (AvgIpc) is 2.18. The van der Waals surface area contributed by atoms with Crippen molar-refractivity contribution in [2.75, 3.05) is 6.54 Å². The Bertz CT molecular complexity index is 263. The number of hydrogen-bond acceptors (Lipinski definition) is 2. The molecule has 15 heavy (non-hydrogen) atoms. The molecule has 0 aromatic heterocycles. The fourth-order valence-corrected chi connectivity index (χ4v) is 2.71. The van der Waals surface area contributed by atoms with Gasteiger partial charge < -0.3 is 5.32 Å². The van der Waals surface area contributed by atoms with Crippen LogP contribution in [0.5, 0.6) is 0 Å². The molecule has 1 heterocycles. The summed E-state index contributed by atoms with van der Waals surface area (Å²) in [4.78, 5) is 11.4. The summed E-state index contributed by atoms with van der Waals surface area (Å²) in [5, 5.41) is 6.53. The first kappa shape index (κ1) is 10.9. The monoisotopic (exact) mass is 210 g/mol. The van der Waals surface area contributed by atoms with E-state index in [1.165, 1.54) is 25.7 Å². The van der Waals surface area contributed by atoms with Crippen molar-refractivity contribution in [3.63, 3.8) is 0 Å². The summed E-state index contributed by atoms with van der Waals surface area (Å²) in [6.45, 7) is 7.44. The van der Waals surface area contributed by atoms with Gasteiger partial charge in [0, 0.05) is 12.1 Å². The van der Waals surface area contributed by atoms with Crippen LogP contribution in [0.15, 0.2) is 0 Å². The smallest absolute Gasteiger partial charge is 0.236 e. The van der Waals surface area contributed by atoms with Crippen LogP contribution in [-0.2, 0) is 4.79 Å². The largest absolute Gasteiger partial charge is 0.353 e. The summed E-state index contributed by atoms with van der Waals surface area (Å²) in [7, 11) is 0. The van der Waals surface area contributed by atoms with Crippen molar-refractivity contribution in [2.24, 2.45) is 5.41 Å². The van der Waals surface area contributed by atoms with Gasteiger partial charge in [-0.15, -0.1) is 0 Å². The van der Waals surface area contributed by atoms with Crippen molar-refractivity contribution in [1.29, 1.82) is 0 Å². The summed E-state index contributed by atoms with van der Waals surface area (Å²) in [6, 6.07) is -0.0278. The molecule has 1 saturated heterocycles. The first-order valence-corrected chi connectivity index (χ1v) is 5.98. The van der Waals surface area contributed by atoms with Crippen LogP contribution in [0.2, 0.25) is 0 Å². The zero-order valence-electron chi connectivity index (χ0n) is 10.0. The van der Waals surface area contributed by atoms with Gasteiger partial charge >= 0.3 is 0 Å². The third-order valence-electron chi connectivity index (χ3n) is 4.08. The van der Waals surface area contributed by atoms with E-state index < -0.39 is 0 Å². The van der Waals surface area contributed by atoms with E-state index >= 15 is 0 Å². The lowest BCUT2D eigenvalue weighted by molar-refractivity contribution is -0.126. The number of carbonyl (C=O) groups is 1. The summed E-state index contributed by atoms with van der Waals surface area (Å²) in [6.07, 6.45) is 4.88. The third-order valence-corrected chi connectivity index (χ3v) is 4.08. The fraction of sp³-hybridized carbons (Fsp3) is 0.917. The van der Waals surface area contributed by atoms with Crippen molar-refractivity contribution < 1.29 is 4.79 Å². The summed E-state index contributed by atoms with van der Waals surface area (Å²) in [5.74, 6) is 0.144. The van der Waals surface area contributed by atoms with Crippen LogP contribution in [0, 0.1) is 5.41 Å². The zero-order chi connectivity index (χ0) is 11.1. The van der Waals surface area contributed by atoms with Gasteiger partial charge in [-0.2, -0.15) is 0 Å². The molecule has 1 atom stereocenters. The van der Waals surface area contributed by atoms with Gasteiger partial charge in [0.1, 0.15) is 0 Å². The topological polar surface area (TPSA) is 41.1 Å². The third kappa shape index (κ3) is 2.17. The minimum Gasteiger partial charge on any atom is -0.353 e. The molecule has 3 heteroatoms. The number of carbonyl (C=O) groups excluding carboxylic acids is 1. The second kappa shape index (κ2) is 3.48. The van der Waals surface area contributed by atoms with E-state index in [1.807, 2.05) is 6.92 Å². The number of nitrogens with one attached hydrogen (secondary N) is 2. The molecular formula is C12H22N2O. The van der Waals surface area contributed by atoms with Crippen molar-refractivity contribution in [1.82, 2.24) is 10.6 Å². The normalized spacial score (nSPS) is 33.8. The van der Waals surface area contributed by atoms with Gasteiger partial charge in [0.15, 0.2) is 0 Å². The van der Waals surface area contributed by atoms with E-state index in [1.54, 1.807) is 0 Å². The lowest BCUT2D eigenvalue weighted by Gasteiger charge is -2.47. The van der Waals surface area contributed by atoms with E-state index in [9.17, 15) is 4.79 Å². The van der Waals surface area contributed by atoms with Crippen molar-refractivity contribution in [2.45, 2.75) is 58.0 Å². The van der Waals surface area contributed by atoms with Gasteiger partial charge in [0.25, 0.3) is 0 Å². The molecule has 1 aliphatic carbocycles. The molecule has 1 aliphatic heterocycles. The van der Waals surface area contributed by atoms with Crippen LogP contribution in [0.25, 0.3) is 0 Å². The van der Waals surface area contributed by atoms with Crippen LogP contribution in [-0.4, -0.2) is 24.0 Å². The van der Waals surface area contributed by atoms with Gasteiger partial charge in [-0.05, 0) is 38.0 Å². The maximum atomic E-state index is 11.4. The molecule has 0 unspecified atom stereocenters. The molecule has 2 aliphatic rings. The van der Waals surface area contributed by atoms with E-state index in [2.05, 4.69) is 24.5 Å². The molecule has 86 valence electrons. The van der Waals surface area contributed by atoms with Gasteiger partial charge in [-0.25, -0.2) is 0 Å². The maximum Gasteiger partial charge on any atom is 0.236 e. The van der Waals surface area contributed by atoms with Crippen LogP contribution in [0.1, 0.15) is 46.5 Å². The Morgan fingerprint density at radius 1 is 1.20 bits per heavy atom. The molecule has 2 fully saturated rings. The highest BCUT2D eigenvalue weighted by Crippen LogP contribution is 2.40. The van der Waals surface area contributed by atoms with E-state index in [0.717, 1.165) is 6.54 Å². The molecule has 1 amide bonds. The molecule has 0 radical (unpaired) electrons. The molecular weight excluding hydrogens is 188 g/mol. The fourth-order valence-electron chi connectivity index (χ4n) is 2.71. The number of rotatable bonds is 0. The predicted octanol–water partition coefficient (Wildman–Crippen LogP) is 1.43. The van der Waals surface area contributed by atoms with Gasteiger partial charge in [0.2, 0.25) is 5.91 Å². The molecule has 0 aromatic carbocycles. The average molecular weight is 210 g/mol. The van der Waals surface area contributed by atoms with Crippen LogP contribution in [0.4, 0.5) is 0 Å². The van der Waals surface area contributed by atoms with Gasteiger partial charge in [0.05, 0.1) is 6.04 Å². The van der Waals surface area contributed by atoms with E-state index in [-0.39, 0.29) is 17.5 Å². The summed E-state index contributed by atoms with van der Waals surface area (Å²) >= 11 is 0. The minimum atomic E-state index is -0.0278. The van der Waals surface area contributed by atoms with Gasteiger partial charge in [-0.1, -0.05) is 13.8 Å². The predicted molar refractivity (Wildman–Crippen MR) is 60.6 cm³/mol. The minimum absolute atomic E-state index is 0.0278. The second-order valence-corrected chi connectivity index (χ2v) is 6.03. The highest BCUT2D eigenvalue weighted by atomic mass is 16.2. The Hall–Kier alpha value is -0.570. The van der Waals surface area contributed by atoms with Crippen LogP contribution < -0.4 is 10.6 Å². The van der Waals surface area contributed by atoms with E-state index in [0.29, 0.717) is 5.41 Å². The highest BCUT2D eigenvalue weighted by Gasteiger charge is 2.42. The van der Waals surface area contributed by atoms with Crippen LogP contribution >= 0.6 is 0 Å². The Labute approximate surface area is 92.0 Å². The quantitative estimate of drug-likeness (QED) is 0.635. The second-order valence-electron chi connectivity index (χ2n) is 6.03. The Morgan fingerprint density at radius 2 is 1.80 bits per heavy atom. The number of amides is 1. The highest BCUT2D eigenvalue weighted by molar-refractivity contribution is 5.82. The Morgan fingerprint density at radius 3 is 2.33 bits per heavy atom. The first-order valence-electron chi connectivity index (χ1n) is 5.98. The first-order chi connectivity index (χ1) is 6.93. The Kier molecular flexibility index (Phi) is 2.53. The molecule has 1 spiro atoms. The molecule has 0 aromatic rings. The molecule has 2 N–H and O–H groups in total. The zero-order valence-corrected chi connectivity index (χ0v) is 10.0. The van der Waals surface area contributed by atoms with Crippen molar-refractivity contribution >= 4 is 5.91 Å². The van der Waals surface area contributed by atoms with Gasteiger partial charge in [-0.3, -0.25) is 10.1 Å². The van der Waals surface area contributed by atoms with Crippen LogP contribution in [0.3, 0.4) is 0 Å². The molecule has 3 nitrogen and oxygen atoms in total. The molecule has 1 saturated carbocycles. The molecule has 2 rings (SSSR count). The summed E-state index contributed by atoms with van der Waals surface area (Å²) < 4.78 is 0. The molecule has 0 bridgehead atoms. The lowest BCUT2D eigenvalue weighted by Crippen LogP contribution is -2.66. The maximum absolute atomic E-state index is 11.4. The Balaban J connectivity index is 2.01. The number of piperazine rings is 1. The van der Waals surface area contributed by atoms with Crippen molar-refractivity contribution in [3.8, 4) is 0 Å². The lowest BCUT2D eigenvalue weighted by atomic mass is 9.68. The summed E-state index contributed by atoms with van der Waals surface area (Å²) in [5.41, 5.74) is 0.667. The standard InChI is InChI=1S/C12H22N2O/c1-9-10(15)13-8-12(14-9)6-4-11(2,3)5-7-12/h9,14H,4-8H2,1-3H3,(H,13,15)/t9-/m1/s1. The SMILES string of the molecule is C[C@H]1NC2(CCC(C)(C)CC2)CNC1=O. The van der Waals surface area contributed by atoms with Crippen molar-refractivity contribution in [3.05, 3.63) is 0 Å². The number of hydrogen-bond donors (Lipinski definition) is 2. The van der Waals surface area contributed by atoms with E-state index in [4.69, 9.17) is 0 Å².